The van der Waals surface area contributed by atoms with E-state index in [1.807, 2.05) is 18.2 Å². The molecule has 0 aliphatic carbocycles. The van der Waals surface area contributed by atoms with Gasteiger partial charge in [0.25, 0.3) is 0 Å². The molecule has 0 heterocycles. The molecule has 1 aromatic rings. The van der Waals surface area contributed by atoms with Crippen LogP contribution in [0.25, 0.3) is 0 Å². The van der Waals surface area contributed by atoms with Crippen molar-refractivity contribution in [2.24, 2.45) is 0 Å². The number of rotatable bonds is 6. The normalized spacial score (nSPS) is 10.3. The van der Waals surface area contributed by atoms with Crippen LogP contribution in [-0.4, -0.2) is 20.3 Å². The maximum Gasteiger partial charge on any atom is 0.137 e. The minimum Gasteiger partial charge on any atom is -0.492 e. The van der Waals surface area contributed by atoms with Gasteiger partial charge in [0.1, 0.15) is 5.75 Å². The first-order chi connectivity index (χ1) is 7.29. The number of hydrogen-bond donors (Lipinski definition) is 0. The molecule has 0 fully saturated rings. The Morgan fingerprint density at radius 2 is 2.07 bits per heavy atom. The lowest BCUT2D eigenvalue weighted by Crippen LogP contribution is -2.03. The monoisotopic (exact) mass is 336 g/mol. The Bertz CT molecular complexity index is 303. The minimum absolute atomic E-state index is 0.677. The second-order valence-corrected chi connectivity index (χ2v) is 4.47. The largest absolute Gasteiger partial charge is 0.492 e. The van der Waals surface area contributed by atoms with Crippen LogP contribution in [0.1, 0.15) is 12.0 Å². The molecule has 84 valence electrons. The van der Waals surface area contributed by atoms with Crippen LogP contribution in [-0.2, 0) is 10.1 Å². The molecule has 0 saturated heterocycles. The Hall–Kier alpha value is -0.0600. The van der Waals surface area contributed by atoms with Crippen molar-refractivity contribution in [3.8, 4) is 5.75 Å². The molecule has 0 atom stereocenters. The van der Waals surface area contributed by atoms with Gasteiger partial charge in [-0.1, -0.05) is 28.1 Å². The molecule has 4 heteroatoms. The van der Waals surface area contributed by atoms with Gasteiger partial charge in [-0.3, -0.25) is 0 Å². The van der Waals surface area contributed by atoms with E-state index >= 15 is 0 Å². The van der Waals surface area contributed by atoms with Crippen LogP contribution in [0.2, 0.25) is 0 Å². The van der Waals surface area contributed by atoms with Crippen LogP contribution in [0.5, 0.6) is 5.75 Å². The molecular weight excluding hydrogens is 324 g/mol. The fourth-order valence-electron chi connectivity index (χ4n) is 1.20. The Morgan fingerprint density at radius 3 is 2.73 bits per heavy atom. The summed E-state index contributed by atoms with van der Waals surface area (Å²) in [6, 6.07) is 6.03. The van der Waals surface area contributed by atoms with Crippen molar-refractivity contribution < 1.29 is 9.47 Å². The molecule has 0 aliphatic heterocycles. The molecule has 2 nitrogen and oxygen atoms in total. The van der Waals surface area contributed by atoms with Crippen LogP contribution < -0.4 is 4.74 Å². The second kappa shape index (κ2) is 7.25. The van der Waals surface area contributed by atoms with E-state index in [0.29, 0.717) is 6.61 Å². The number of alkyl halides is 1. The minimum atomic E-state index is 0.677. The Kier molecular flexibility index (Phi) is 6.29. The number of hydrogen-bond acceptors (Lipinski definition) is 2. The molecule has 0 radical (unpaired) electrons. The van der Waals surface area contributed by atoms with E-state index in [-0.39, 0.29) is 0 Å². The number of para-hydroxylation sites is 1. The molecule has 0 N–H and O–H groups in total. The van der Waals surface area contributed by atoms with Gasteiger partial charge < -0.3 is 9.47 Å². The van der Waals surface area contributed by atoms with Crippen LogP contribution >= 0.6 is 31.9 Å². The summed E-state index contributed by atoms with van der Waals surface area (Å²) in [4.78, 5) is 0. The topological polar surface area (TPSA) is 18.5 Å². The van der Waals surface area contributed by atoms with E-state index in [0.717, 1.165) is 34.1 Å². The molecule has 0 unspecified atom stereocenters. The zero-order valence-corrected chi connectivity index (χ0v) is 11.8. The fourth-order valence-corrected chi connectivity index (χ4v) is 2.16. The Labute approximate surface area is 107 Å². The molecule has 0 aliphatic rings. The maximum absolute atomic E-state index is 5.70. The molecular formula is C11H14Br2O2. The lowest BCUT2D eigenvalue weighted by atomic mass is 10.2. The molecule has 1 rings (SSSR count). The van der Waals surface area contributed by atoms with Gasteiger partial charge in [-0.15, -0.1) is 0 Å². The maximum atomic E-state index is 5.70. The van der Waals surface area contributed by atoms with Gasteiger partial charge in [0.2, 0.25) is 0 Å². The van der Waals surface area contributed by atoms with Gasteiger partial charge in [0.15, 0.2) is 0 Å². The van der Waals surface area contributed by atoms with E-state index < -0.39 is 0 Å². The first-order valence-electron chi connectivity index (χ1n) is 4.74. The number of halogens is 2. The average Bonchev–Trinajstić information content (AvgIpc) is 2.26. The molecule has 0 amide bonds. The smallest absolute Gasteiger partial charge is 0.137 e. The quantitative estimate of drug-likeness (QED) is 0.581. The molecule has 1 aromatic carbocycles. The number of ether oxygens (including phenoxy) is 2. The van der Waals surface area contributed by atoms with Crippen molar-refractivity contribution in [1.82, 2.24) is 0 Å². The summed E-state index contributed by atoms with van der Waals surface area (Å²) in [5.74, 6) is 0.922. The Balaban J connectivity index is 2.58. The van der Waals surface area contributed by atoms with Crippen molar-refractivity contribution in [2.75, 3.05) is 20.3 Å². The van der Waals surface area contributed by atoms with Crippen molar-refractivity contribution in [1.29, 1.82) is 0 Å². The highest BCUT2D eigenvalue weighted by atomic mass is 79.9. The van der Waals surface area contributed by atoms with Gasteiger partial charge in [-0.05, 0) is 22.0 Å². The van der Waals surface area contributed by atoms with Gasteiger partial charge in [0, 0.05) is 31.0 Å². The lowest BCUT2D eigenvalue weighted by molar-refractivity contribution is 0.171. The summed E-state index contributed by atoms with van der Waals surface area (Å²) in [5.41, 5.74) is 1.15. The first-order valence-corrected chi connectivity index (χ1v) is 6.66. The highest BCUT2D eigenvalue weighted by Crippen LogP contribution is 2.30. The van der Waals surface area contributed by atoms with E-state index in [1.165, 1.54) is 0 Å². The summed E-state index contributed by atoms with van der Waals surface area (Å²) in [6.07, 6.45) is 0.902. The molecule has 15 heavy (non-hydrogen) atoms. The highest BCUT2D eigenvalue weighted by Gasteiger charge is 2.06. The SMILES string of the molecule is COCCCOc1c(Br)cccc1CBr. The molecule has 0 aromatic heterocycles. The van der Waals surface area contributed by atoms with Crippen LogP contribution in [0.3, 0.4) is 0 Å². The van der Waals surface area contributed by atoms with Crippen molar-refractivity contribution >= 4 is 31.9 Å². The molecule has 0 saturated carbocycles. The predicted molar refractivity (Wildman–Crippen MR) is 68.8 cm³/mol. The van der Waals surface area contributed by atoms with E-state index in [4.69, 9.17) is 9.47 Å². The van der Waals surface area contributed by atoms with Gasteiger partial charge in [0.05, 0.1) is 11.1 Å². The van der Waals surface area contributed by atoms with Crippen LogP contribution in [0.15, 0.2) is 22.7 Å². The number of methoxy groups -OCH3 is 1. The fraction of sp³-hybridized carbons (Fsp3) is 0.455. The zero-order chi connectivity index (χ0) is 11.1. The Morgan fingerprint density at radius 1 is 1.27 bits per heavy atom. The third kappa shape index (κ3) is 4.13. The van der Waals surface area contributed by atoms with E-state index in [2.05, 4.69) is 31.9 Å². The summed E-state index contributed by atoms with van der Waals surface area (Å²) in [5, 5.41) is 0.798. The third-order valence-corrected chi connectivity index (χ3v) is 3.16. The molecule has 0 spiro atoms. The standard InChI is InChI=1S/C11H14Br2O2/c1-14-6-3-7-15-11-9(8-12)4-2-5-10(11)13/h2,4-5H,3,6-8H2,1H3. The van der Waals surface area contributed by atoms with Crippen molar-refractivity contribution in [3.05, 3.63) is 28.2 Å². The molecule has 0 bridgehead atoms. The van der Waals surface area contributed by atoms with Crippen LogP contribution in [0.4, 0.5) is 0 Å². The van der Waals surface area contributed by atoms with Gasteiger partial charge in [-0.2, -0.15) is 0 Å². The van der Waals surface area contributed by atoms with Crippen molar-refractivity contribution in [3.63, 3.8) is 0 Å². The highest BCUT2D eigenvalue weighted by molar-refractivity contribution is 9.10. The third-order valence-electron chi connectivity index (χ3n) is 1.93. The summed E-state index contributed by atoms with van der Waals surface area (Å²) >= 11 is 6.92. The van der Waals surface area contributed by atoms with Crippen molar-refractivity contribution in [2.45, 2.75) is 11.8 Å². The van der Waals surface area contributed by atoms with Gasteiger partial charge >= 0.3 is 0 Å². The van der Waals surface area contributed by atoms with Crippen LogP contribution in [0, 0.1) is 0 Å². The first kappa shape index (κ1) is 13.0. The average molecular weight is 338 g/mol. The van der Waals surface area contributed by atoms with Gasteiger partial charge in [-0.25, -0.2) is 0 Å². The lowest BCUT2D eigenvalue weighted by Gasteiger charge is -2.11. The number of benzene rings is 1. The summed E-state index contributed by atoms with van der Waals surface area (Å²) in [7, 11) is 1.70. The summed E-state index contributed by atoms with van der Waals surface area (Å²) < 4.78 is 11.7. The zero-order valence-electron chi connectivity index (χ0n) is 8.63. The second-order valence-electron chi connectivity index (χ2n) is 3.06. The van der Waals surface area contributed by atoms with E-state index in [9.17, 15) is 0 Å². The predicted octanol–water partition coefficient (Wildman–Crippen LogP) is 3.76. The summed E-state index contributed by atoms with van der Waals surface area (Å²) in [6.45, 7) is 1.41. The van der Waals surface area contributed by atoms with E-state index in [1.54, 1.807) is 7.11 Å².